The summed E-state index contributed by atoms with van der Waals surface area (Å²) in [5, 5.41) is 10.00. The Morgan fingerprint density at radius 1 is 1.17 bits per heavy atom. The summed E-state index contributed by atoms with van der Waals surface area (Å²) < 4.78 is 6.99. The second kappa shape index (κ2) is 8.46. The molecule has 0 saturated carbocycles. The van der Waals surface area contributed by atoms with Gasteiger partial charge in [-0.1, -0.05) is 17.7 Å². The predicted molar refractivity (Wildman–Crippen MR) is 111 cm³/mol. The molecule has 1 aromatic carbocycles. The van der Waals surface area contributed by atoms with Gasteiger partial charge in [-0.2, -0.15) is 5.10 Å². The number of benzene rings is 1. The van der Waals surface area contributed by atoms with Crippen LogP contribution in [0.5, 0.6) is 0 Å². The average molecular weight is 414 g/mol. The summed E-state index contributed by atoms with van der Waals surface area (Å²) in [6, 6.07) is 5.35. The van der Waals surface area contributed by atoms with Crippen LogP contribution < -0.4 is 15.5 Å². The SMILES string of the molecule is Cn1cc(NC(=O)Nc2cncc(-c3ccc(N4CCOCC4)c(Cl)c3)n2)cn1. The maximum atomic E-state index is 12.1. The summed E-state index contributed by atoms with van der Waals surface area (Å²) in [6.07, 6.45) is 6.36. The summed E-state index contributed by atoms with van der Waals surface area (Å²) in [7, 11) is 1.77. The van der Waals surface area contributed by atoms with Crippen molar-refractivity contribution in [3.8, 4) is 11.3 Å². The van der Waals surface area contributed by atoms with Gasteiger partial charge in [-0.3, -0.25) is 15.0 Å². The highest BCUT2D eigenvalue weighted by Crippen LogP contribution is 2.31. The number of urea groups is 1. The normalized spacial score (nSPS) is 13.9. The number of ether oxygens (including phenoxy) is 1. The van der Waals surface area contributed by atoms with Gasteiger partial charge in [-0.05, 0) is 12.1 Å². The monoisotopic (exact) mass is 413 g/mol. The number of aryl methyl sites for hydroxylation is 1. The van der Waals surface area contributed by atoms with Crippen molar-refractivity contribution >= 4 is 34.8 Å². The van der Waals surface area contributed by atoms with Gasteiger partial charge in [0, 0.05) is 31.9 Å². The second-order valence-electron chi connectivity index (χ2n) is 6.54. The fourth-order valence-corrected chi connectivity index (χ4v) is 3.36. The third-order valence-corrected chi connectivity index (χ3v) is 4.74. The molecular formula is C19H20ClN7O2. The van der Waals surface area contributed by atoms with E-state index in [9.17, 15) is 4.79 Å². The van der Waals surface area contributed by atoms with E-state index in [1.807, 2.05) is 18.2 Å². The lowest BCUT2D eigenvalue weighted by Crippen LogP contribution is -2.36. The van der Waals surface area contributed by atoms with Gasteiger partial charge in [-0.25, -0.2) is 9.78 Å². The van der Waals surface area contributed by atoms with Gasteiger partial charge in [0.25, 0.3) is 0 Å². The Labute approximate surface area is 172 Å². The van der Waals surface area contributed by atoms with Gasteiger partial charge in [0.1, 0.15) is 0 Å². The molecule has 3 heterocycles. The Morgan fingerprint density at radius 2 is 2.00 bits per heavy atom. The fourth-order valence-electron chi connectivity index (χ4n) is 3.06. The third kappa shape index (κ3) is 4.64. The number of amides is 2. The van der Waals surface area contributed by atoms with Crippen molar-refractivity contribution < 1.29 is 9.53 Å². The number of carbonyl (C=O) groups is 1. The number of aromatic nitrogens is 4. The molecule has 1 fully saturated rings. The number of rotatable bonds is 4. The molecule has 150 valence electrons. The molecule has 1 aliphatic heterocycles. The van der Waals surface area contributed by atoms with E-state index >= 15 is 0 Å². The van der Waals surface area contributed by atoms with E-state index in [0.29, 0.717) is 35.4 Å². The molecule has 2 N–H and O–H groups in total. The molecule has 4 rings (SSSR count). The zero-order valence-corrected chi connectivity index (χ0v) is 16.6. The molecule has 3 aromatic rings. The first-order chi connectivity index (χ1) is 14.1. The van der Waals surface area contributed by atoms with Gasteiger partial charge in [0.05, 0.1) is 53.9 Å². The quantitative estimate of drug-likeness (QED) is 0.682. The highest BCUT2D eigenvalue weighted by molar-refractivity contribution is 6.33. The molecule has 0 atom stereocenters. The first-order valence-corrected chi connectivity index (χ1v) is 9.47. The molecule has 2 aromatic heterocycles. The first kappa shape index (κ1) is 19.2. The topological polar surface area (TPSA) is 97.2 Å². The molecule has 0 spiro atoms. The summed E-state index contributed by atoms with van der Waals surface area (Å²) in [4.78, 5) is 23.0. The van der Waals surface area contributed by atoms with Crippen LogP contribution in [0.3, 0.4) is 0 Å². The number of halogens is 1. The molecule has 1 saturated heterocycles. The Balaban J connectivity index is 1.48. The van der Waals surface area contributed by atoms with Crippen molar-refractivity contribution in [2.24, 2.45) is 7.05 Å². The van der Waals surface area contributed by atoms with Crippen LogP contribution >= 0.6 is 11.6 Å². The molecule has 0 bridgehead atoms. The molecular weight excluding hydrogens is 394 g/mol. The van der Waals surface area contributed by atoms with Crippen molar-refractivity contribution in [1.29, 1.82) is 0 Å². The smallest absolute Gasteiger partial charge is 0.324 e. The third-order valence-electron chi connectivity index (χ3n) is 4.43. The zero-order chi connectivity index (χ0) is 20.2. The standard InChI is InChI=1S/C19H20ClN7O2/c1-26-12-14(9-22-26)23-19(28)25-18-11-21-10-16(24-18)13-2-3-17(15(20)8-13)27-4-6-29-7-5-27/h2-3,8-12H,4-7H2,1H3,(H2,23,24,25,28). The van der Waals surface area contributed by atoms with Crippen LogP contribution in [0.2, 0.25) is 5.02 Å². The highest BCUT2D eigenvalue weighted by Gasteiger charge is 2.15. The van der Waals surface area contributed by atoms with Crippen LogP contribution in [0.1, 0.15) is 0 Å². The predicted octanol–water partition coefficient (Wildman–Crippen LogP) is 3.01. The molecule has 9 nitrogen and oxygen atoms in total. The minimum atomic E-state index is -0.426. The van der Waals surface area contributed by atoms with E-state index in [1.54, 1.807) is 30.3 Å². The van der Waals surface area contributed by atoms with Crippen molar-refractivity contribution in [2.75, 3.05) is 41.8 Å². The lowest BCUT2D eigenvalue weighted by atomic mass is 10.1. The van der Waals surface area contributed by atoms with Gasteiger partial charge < -0.3 is 15.0 Å². The summed E-state index contributed by atoms with van der Waals surface area (Å²) >= 11 is 6.51. The van der Waals surface area contributed by atoms with Gasteiger partial charge in [0.2, 0.25) is 0 Å². The summed E-state index contributed by atoms with van der Waals surface area (Å²) in [5.74, 6) is 0.331. The molecule has 2 amide bonds. The van der Waals surface area contributed by atoms with Gasteiger partial charge in [-0.15, -0.1) is 0 Å². The van der Waals surface area contributed by atoms with Crippen molar-refractivity contribution in [3.63, 3.8) is 0 Å². The minimum Gasteiger partial charge on any atom is -0.378 e. The average Bonchev–Trinajstić information content (AvgIpc) is 3.13. The van der Waals surface area contributed by atoms with Crippen LogP contribution in [0.15, 0.2) is 43.0 Å². The lowest BCUT2D eigenvalue weighted by Gasteiger charge is -2.29. The number of nitrogens with zero attached hydrogens (tertiary/aromatic N) is 5. The van der Waals surface area contributed by atoms with Crippen LogP contribution in [0.25, 0.3) is 11.3 Å². The second-order valence-corrected chi connectivity index (χ2v) is 6.94. The van der Waals surface area contributed by atoms with Crippen molar-refractivity contribution in [2.45, 2.75) is 0 Å². The van der Waals surface area contributed by atoms with Crippen LogP contribution in [-0.4, -0.2) is 52.1 Å². The lowest BCUT2D eigenvalue weighted by molar-refractivity contribution is 0.122. The number of carbonyl (C=O) groups excluding carboxylic acids is 1. The van der Waals surface area contributed by atoms with Gasteiger partial charge in [0.15, 0.2) is 5.82 Å². The van der Waals surface area contributed by atoms with Gasteiger partial charge >= 0.3 is 6.03 Å². The van der Waals surface area contributed by atoms with Crippen LogP contribution in [0.4, 0.5) is 22.0 Å². The summed E-state index contributed by atoms with van der Waals surface area (Å²) in [6.45, 7) is 3.01. The Morgan fingerprint density at radius 3 is 2.72 bits per heavy atom. The number of hydrogen-bond donors (Lipinski definition) is 2. The molecule has 0 unspecified atom stereocenters. The molecule has 29 heavy (non-hydrogen) atoms. The van der Waals surface area contributed by atoms with E-state index in [1.165, 1.54) is 6.20 Å². The Bertz CT molecular complexity index is 1020. The molecule has 0 aliphatic carbocycles. The molecule has 1 aliphatic rings. The Kier molecular flexibility index (Phi) is 5.59. The number of anilines is 3. The number of hydrogen-bond acceptors (Lipinski definition) is 6. The zero-order valence-electron chi connectivity index (χ0n) is 15.8. The van der Waals surface area contributed by atoms with E-state index in [-0.39, 0.29) is 0 Å². The largest absolute Gasteiger partial charge is 0.378 e. The highest BCUT2D eigenvalue weighted by atomic mass is 35.5. The van der Waals surface area contributed by atoms with Crippen LogP contribution in [0, 0.1) is 0 Å². The number of nitrogens with one attached hydrogen (secondary N) is 2. The Hall–Kier alpha value is -3.17. The summed E-state index contributed by atoms with van der Waals surface area (Å²) in [5.41, 5.74) is 2.98. The van der Waals surface area contributed by atoms with E-state index in [2.05, 4.69) is 30.6 Å². The molecule has 0 radical (unpaired) electrons. The minimum absolute atomic E-state index is 0.331. The van der Waals surface area contributed by atoms with E-state index in [0.717, 1.165) is 24.3 Å². The first-order valence-electron chi connectivity index (χ1n) is 9.10. The van der Waals surface area contributed by atoms with E-state index < -0.39 is 6.03 Å². The van der Waals surface area contributed by atoms with Crippen molar-refractivity contribution in [3.05, 3.63) is 48.0 Å². The van der Waals surface area contributed by atoms with Crippen LogP contribution in [-0.2, 0) is 11.8 Å². The maximum Gasteiger partial charge on any atom is 0.324 e. The maximum absolute atomic E-state index is 12.1. The molecule has 10 heteroatoms. The van der Waals surface area contributed by atoms with Crippen molar-refractivity contribution in [1.82, 2.24) is 19.7 Å². The number of morpholine rings is 1. The van der Waals surface area contributed by atoms with E-state index in [4.69, 9.17) is 16.3 Å². The fraction of sp³-hybridized carbons (Fsp3) is 0.263.